The monoisotopic (exact) mass is 289 g/mol. The average molecular weight is 289 g/mol. The number of hydrogen-bond donors (Lipinski definition) is 1. The Kier molecular flexibility index (Phi) is 5.22. The number of hydrogen-bond acceptors (Lipinski definition) is 4. The molecule has 1 aromatic heterocycles. The Labute approximate surface area is 125 Å². The van der Waals surface area contributed by atoms with E-state index in [-0.39, 0.29) is 0 Å². The molecule has 0 aliphatic carbocycles. The second-order valence-electron chi connectivity index (χ2n) is 4.94. The largest absolute Gasteiger partial charge is 0.490 e. The van der Waals surface area contributed by atoms with Gasteiger partial charge in [-0.25, -0.2) is 0 Å². The third-order valence-corrected chi connectivity index (χ3v) is 3.22. The van der Waals surface area contributed by atoms with E-state index >= 15 is 0 Å². The smallest absolute Gasteiger partial charge is 0.161 e. The van der Waals surface area contributed by atoms with Gasteiger partial charge in [0, 0.05) is 7.05 Å². The number of benzene rings is 1. The second-order valence-corrected chi connectivity index (χ2v) is 4.94. The Bertz CT molecular complexity index is 593. The summed E-state index contributed by atoms with van der Waals surface area (Å²) in [5.74, 6) is 1.51. The molecule has 0 fully saturated rings. The van der Waals surface area contributed by atoms with Crippen molar-refractivity contribution in [2.45, 2.75) is 26.9 Å². The lowest BCUT2D eigenvalue weighted by Gasteiger charge is -2.13. The highest BCUT2D eigenvalue weighted by molar-refractivity contribution is 5.43. The molecule has 21 heavy (non-hydrogen) atoms. The molecule has 0 bridgehead atoms. The van der Waals surface area contributed by atoms with Gasteiger partial charge in [0.05, 0.1) is 18.0 Å². The van der Waals surface area contributed by atoms with Gasteiger partial charge in [-0.2, -0.15) is 5.10 Å². The summed E-state index contributed by atoms with van der Waals surface area (Å²) in [7, 11) is 1.92. The first-order chi connectivity index (χ1) is 10.1. The van der Waals surface area contributed by atoms with E-state index in [0.29, 0.717) is 19.8 Å². The molecular weight excluding hydrogens is 266 g/mol. The standard InChI is InChI=1S/C16H23N3O2/c1-4-20-16-10-13(7-8-17)5-6-15(16)21-11-14-9-12(2)18-19(14)3/h5-6,9-10H,4,7-8,11,17H2,1-3H3. The number of aromatic nitrogens is 2. The molecule has 2 rings (SSSR count). The molecule has 0 unspecified atom stereocenters. The predicted molar refractivity (Wildman–Crippen MR) is 82.6 cm³/mol. The van der Waals surface area contributed by atoms with Crippen LogP contribution in [-0.2, 0) is 20.1 Å². The summed E-state index contributed by atoms with van der Waals surface area (Å²) in [6, 6.07) is 7.99. The summed E-state index contributed by atoms with van der Waals surface area (Å²) >= 11 is 0. The van der Waals surface area contributed by atoms with Crippen molar-refractivity contribution in [2.75, 3.05) is 13.2 Å². The first-order valence-electron chi connectivity index (χ1n) is 7.22. The fourth-order valence-corrected chi connectivity index (χ4v) is 2.21. The molecule has 2 N–H and O–H groups in total. The van der Waals surface area contributed by atoms with Crippen molar-refractivity contribution in [1.82, 2.24) is 9.78 Å². The molecule has 0 aliphatic heterocycles. The number of nitrogens with zero attached hydrogens (tertiary/aromatic N) is 2. The van der Waals surface area contributed by atoms with Crippen LogP contribution in [0.4, 0.5) is 0 Å². The highest BCUT2D eigenvalue weighted by Gasteiger charge is 2.09. The zero-order valence-corrected chi connectivity index (χ0v) is 12.9. The van der Waals surface area contributed by atoms with Crippen molar-refractivity contribution in [3.8, 4) is 11.5 Å². The van der Waals surface area contributed by atoms with Crippen LogP contribution in [0.2, 0.25) is 0 Å². The minimum atomic E-state index is 0.466. The number of ether oxygens (including phenoxy) is 2. The van der Waals surface area contributed by atoms with Crippen molar-refractivity contribution >= 4 is 0 Å². The first kappa shape index (κ1) is 15.4. The van der Waals surface area contributed by atoms with E-state index in [1.807, 2.05) is 49.8 Å². The topological polar surface area (TPSA) is 62.3 Å². The van der Waals surface area contributed by atoms with Crippen molar-refractivity contribution in [3.63, 3.8) is 0 Å². The zero-order valence-electron chi connectivity index (χ0n) is 12.9. The molecule has 1 heterocycles. The van der Waals surface area contributed by atoms with Crippen molar-refractivity contribution in [2.24, 2.45) is 12.8 Å². The minimum absolute atomic E-state index is 0.466. The second kappa shape index (κ2) is 7.13. The maximum absolute atomic E-state index is 5.89. The van der Waals surface area contributed by atoms with Gasteiger partial charge in [0.25, 0.3) is 0 Å². The summed E-state index contributed by atoms with van der Waals surface area (Å²) in [6.07, 6.45) is 0.835. The van der Waals surface area contributed by atoms with Gasteiger partial charge >= 0.3 is 0 Å². The van der Waals surface area contributed by atoms with Crippen LogP contribution in [-0.4, -0.2) is 22.9 Å². The van der Waals surface area contributed by atoms with Crippen LogP contribution >= 0.6 is 0 Å². The SMILES string of the molecule is CCOc1cc(CCN)ccc1OCc1cc(C)nn1C. The average Bonchev–Trinajstić information content (AvgIpc) is 2.77. The Morgan fingerprint density at radius 1 is 1.19 bits per heavy atom. The fraction of sp³-hybridized carbons (Fsp3) is 0.438. The van der Waals surface area contributed by atoms with E-state index < -0.39 is 0 Å². The summed E-state index contributed by atoms with van der Waals surface area (Å²) in [6.45, 7) is 5.63. The number of nitrogens with two attached hydrogens (primary N) is 1. The van der Waals surface area contributed by atoms with Crippen LogP contribution in [0.3, 0.4) is 0 Å². The van der Waals surface area contributed by atoms with Crippen molar-refractivity contribution in [1.29, 1.82) is 0 Å². The van der Waals surface area contributed by atoms with Gasteiger partial charge in [0.1, 0.15) is 6.61 Å². The van der Waals surface area contributed by atoms with Crippen LogP contribution in [0, 0.1) is 6.92 Å². The van der Waals surface area contributed by atoms with Crippen molar-refractivity contribution < 1.29 is 9.47 Å². The Morgan fingerprint density at radius 3 is 2.62 bits per heavy atom. The molecule has 0 aliphatic rings. The lowest BCUT2D eigenvalue weighted by Crippen LogP contribution is -2.06. The number of rotatable bonds is 7. The first-order valence-corrected chi connectivity index (χ1v) is 7.22. The lowest BCUT2D eigenvalue weighted by molar-refractivity contribution is 0.262. The number of aryl methyl sites for hydroxylation is 2. The molecule has 0 amide bonds. The minimum Gasteiger partial charge on any atom is -0.490 e. The predicted octanol–water partition coefficient (Wildman–Crippen LogP) is 2.21. The van der Waals surface area contributed by atoms with E-state index in [2.05, 4.69) is 5.10 Å². The zero-order chi connectivity index (χ0) is 15.2. The van der Waals surface area contributed by atoms with E-state index in [1.165, 1.54) is 0 Å². The van der Waals surface area contributed by atoms with E-state index in [0.717, 1.165) is 34.9 Å². The molecular formula is C16H23N3O2. The maximum atomic E-state index is 5.89. The Morgan fingerprint density at radius 2 is 2.00 bits per heavy atom. The van der Waals surface area contributed by atoms with Gasteiger partial charge in [-0.05, 0) is 50.6 Å². The van der Waals surface area contributed by atoms with Crippen LogP contribution in [0.15, 0.2) is 24.3 Å². The van der Waals surface area contributed by atoms with Crippen molar-refractivity contribution in [3.05, 3.63) is 41.2 Å². The molecule has 0 radical (unpaired) electrons. The highest BCUT2D eigenvalue weighted by Crippen LogP contribution is 2.29. The van der Waals surface area contributed by atoms with Gasteiger partial charge in [-0.15, -0.1) is 0 Å². The van der Waals surface area contributed by atoms with Gasteiger partial charge in [-0.3, -0.25) is 4.68 Å². The summed E-state index contributed by atoms with van der Waals surface area (Å²) in [5.41, 5.74) is 8.77. The van der Waals surface area contributed by atoms with Gasteiger partial charge in [0.2, 0.25) is 0 Å². The van der Waals surface area contributed by atoms with Crippen LogP contribution in [0.1, 0.15) is 23.9 Å². The van der Waals surface area contributed by atoms with E-state index in [1.54, 1.807) is 0 Å². The van der Waals surface area contributed by atoms with Gasteiger partial charge < -0.3 is 15.2 Å². The maximum Gasteiger partial charge on any atom is 0.161 e. The Hall–Kier alpha value is -2.01. The summed E-state index contributed by atoms with van der Waals surface area (Å²) in [5, 5.41) is 4.31. The molecule has 1 aromatic carbocycles. The van der Waals surface area contributed by atoms with Crippen LogP contribution in [0.5, 0.6) is 11.5 Å². The molecule has 114 valence electrons. The molecule has 0 saturated carbocycles. The Balaban J connectivity index is 2.12. The third kappa shape index (κ3) is 3.98. The summed E-state index contributed by atoms with van der Waals surface area (Å²) < 4.78 is 13.4. The summed E-state index contributed by atoms with van der Waals surface area (Å²) in [4.78, 5) is 0. The fourth-order valence-electron chi connectivity index (χ4n) is 2.21. The molecule has 0 spiro atoms. The van der Waals surface area contributed by atoms with E-state index in [4.69, 9.17) is 15.2 Å². The lowest BCUT2D eigenvalue weighted by atomic mass is 10.1. The third-order valence-electron chi connectivity index (χ3n) is 3.22. The van der Waals surface area contributed by atoms with Gasteiger partial charge in [0.15, 0.2) is 11.5 Å². The molecule has 5 nitrogen and oxygen atoms in total. The normalized spacial score (nSPS) is 10.7. The molecule has 0 atom stereocenters. The molecule has 0 saturated heterocycles. The van der Waals surface area contributed by atoms with Crippen LogP contribution < -0.4 is 15.2 Å². The van der Waals surface area contributed by atoms with E-state index in [9.17, 15) is 0 Å². The molecule has 5 heteroatoms. The molecule has 2 aromatic rings. The van der Waals surface area contributed by atoms with Crippen LogP contribution in [0.25, 0.3) is 0 Å². The quantitative estimate of drug-likeness (QED) is 0.849. The highest BCUT2D eigenvalue weighted by atomic mass is 16.5. The van der Waals surface area contributed by atoms with Gasteiger partial charge in [-0.1, -0.05) is 6.07 Å².